The lowest BCUT2D eigenvalue weighted by molar-refractivity contribution is 0.180. The zero-order valence-electron chi connectivity index (χ0n) is 16.5. The van der Waals surface area contributed by atoms with E-state index in [2.05, 4.69) is 0 Å². The zero-order valence-corrected chi connectivity index (χ0v) is 18.1. The van der Waals surface area contributed by atoms with Gasteiger partial charge in [-0.25, -0.2) is 8.42 Å². The lowest BCUT2D eigenvalue weighted by atomic mass is 9.96. The molecule has 3 atom stereocenters. The molecule has 1 aliphatic carbocycles. The maximum absolute atomic E-state index is 13.0. The largest absolute Gasteiger partial charge is 0.296 e. The Bertz CT molecular complexity index is 1090. The van der Waals surface area contributed by atoms with E-state index in [-0.39, 0.29) is 29.4 Å². The lowest BCUT2D eigenvalue weighted by Gasteiger charge is -2.30. The van der Waals surface area contributed by atoms with Gasteiger partial charge in [-0.2, -0.15) is 12.7 Å². The van der Waals surface area contributed by atoms with Crippen LogP contribution in [0.25, 0.3) is 0 Å². The third kappa shape index (κ3) is 3.99. The molecule has 1 aliphatic heterocycles. The van der Waals surface area contributed by atoms with Crippen molar-refractivity contribution in [3.05, 3.63) is 59.7 Å². The predicted molar refractivity (Wildman–Crippen MR) is 109 cm³/mol. The van der Waals surface area contributed by atoms with E-state index in [1.54, 1.807) is 52.8 Å². The highest BCUT2D eigenvalue weighted by Crippen LogP contribution is 2.44. The second-order valence-corrected chi connectivity index (χ2v) is 11.6. The van der Waals surface area contributed by atoms with Crippen LogP contribution in [-0.2, 0) is 24.3 Å². The molecule has 2 aromatic rings. The van der Waals surface area contributed by atoms with E-state index >= 15 is 0 Å². The van der Waals surface area contributed by atoms with Crippen LogP contribution >= 0.6 is 0 Å². The van der Waals surface area contributed by atoms with Gasteiger partial charge in [0.1, 0.15) is 0 Å². The molecule has 8 heteroatoms. The summed E-state index contributed by atoms with van der Waals surface area (Å²) in [5.41, 5.74) is 1.99. The summed E-state index contributed by atoms with van der Waals surface area (Å²) in [5, 5.41) is 0. The standard InChI is InChI=1S/C21H25NO5S2/c1-15-3-7-20(8-4-15)28(23,24)22-13-17-11-19(22)12-18(17)14-27-29(25,26)21-9-5-16(2)6-10-21/h3-10,17-19H,11-14H2,1-2H3/t17-,18?,19-/m1/s1. The first kappa shape index (κ1) is 20.5. The number of benzene rings is 2. The molecule has 4 rings (SSSR count). The number of nitrogens with zero attached hydrogens (tertiary/aromatic N) is 1. The fourth-order valence-electron chi connectivity index (χ4n) is 4.31. The summed E-state index contributed by atoms with van der Waals surface area (Å²) in [6, 6.07) is 13.4. The number of rotatable bonds is 6. The quantitative estimate of drug-likeness (QED) is 0.652. The molecule has 0 aromatic heterocycles. The summed E-state index contributed by atoms with van der Waals surface area (Å²) in [5.74, 6) is 0.165. The average molecular weight is 436 g/mol. The molecule has 0 radical (unpaired) electrons. The van der Waals surface area contributed by atoms with E-state index in [0.717, 1.165) is 17.5 Å². The third-order valence-electron chi connectivity index (χ3n) is 6.01. The summed E-state index contributed by atoms with van der Waals surface area (Å²) in [6.45, 7) is 4.32. The van der Waals surface area contributed by atoms with Gasteiger partial charge < -0.3 is 0 Å². The number of fused-ring (bicyclic) bond motifs is 2. The second kappa shape index (κ2) is 7.50. The van der Waals surface area contributed by atoms with Gasteiger partial charge in [0.05, 0.1) is 16.4 Å². The molecule has 156 valence electrons. The molecule has 2 aromatic carbocycles. The summed E-state index contributed by atoms with van der Waals surface area (Å²) < 4.78 is 57.7. The molecule has 1 saturated carbocycles. The van der Waals surface area contributed by atoms with Crippen molar-refractivity contribution in [2.45, 2.75) is 42.5 Å². The third-order valence-corrected chi connectivity index (χ3v) is 9.24. The van der Waals surface area contributed by atoms with Crippen LogP contribution < -0.4 is 0 Å². The second-order valence-electron chi connectivity index (χ2n) is 8.08. The van der Waals surface area contributed by atoms with Crippen molar-refractivity contribution in [2.24, 2.45) is 11.8 Å². The molecule has 0 N–H and O–H groups in total. The van der Waals surface area contributed by atoms with E-state index in [1.807, 2.05) is 13.8 Å². The van der Waals surface area contributed by atoms with Gasteiger partial charge >= 0.3 is 0 Å². The Morgan fingerprint density at radius 3 is 1.93 bits per heavy atom. The topological polar surface area (TPSA) is 80.8 Å². The molecule has 6 nitrogen and oxygen atoms in total. The van der Waals surface area contributed by atoms with Gasteiger partial charge in [-0.3, -0.25) is 4.18 Å². The van der Waals surface area contributed by atoms with Crippen LogP contribution in [0.1, 0.15) is 24.0 Å². The molecule has 2 aliphatic rings. The smallest absolute Gasteiger partial charge is 0.266 e. The van der Waals surface area contributed by atoms with Crippen LogP contribution in [0.2, 0.25) is 0 Å². The van der Waals surface area contributed by atoms with E-state index in [1.165, 1.54) is 0 Å². The van der Waals surface area contributed by atoms with Crippen molar-refractivity contribution in [1.29, 1.82) is 0 Å². The van der Waals surface area contributed by atoms with Crippen molar-refractivity contribution in [1.82, 2.24) is 4.31 Å². The highest BCUT2D eigenvalue weighted by molar-refractivity contribution is 7.89. The zero-order chi connectivity index (χ0) is 20.8. The highest BCUT2D eigenvalue weighted by Gasteiger charge is 2.49. The van der Waals surface area contributed by atoms with Crippen molar-refractivity contribution in [2.75, 3.05) is 13.2 Å². The maximum atomic E-state index is 13.0. The van der Waals surface area contributed by atoms with Gasteiger partial charge in [-0.15, -0.1) is 0 Å². The highest BCUT2D eigenvalue weighted by atomic mass is 32.2. The molecule has 0 amide bonds. The van der Waals surface area contributed by atoms with Gasteiger partial charge in [0.2, 0.25) is 10.0 Å². The molecule has 2 fully saturated rings. The number of piperidine rings is 1. The Morgan fingerprint density at radius 1 is 0.862 bits per heavy atom. The van der Waals surface area contributed by atoms with Crippen LogP contribution in [-0.4, -0.2) is 40.3 Å². The van der Waals surface area contributed by atoms with Gasteiger partial charge in [-0.1, -0.05) is 35.4 Å². The van der Waals surface area contributed by atoms with E-state index in [0.29, 0.717) is 17.9 Å². The molecular formula is C21H25NO5S2. The molecule has 0 spiro atoms. The summed E-state index contributed by atoms with van der Waals surface area (Å²) in [4.78, 5) is 0.459. The Labute approximate surface area is 172 Å². The minimum atomic E-state index is -3.80. The van der Waals surface area contributed by atoms with Crippen LogP contribution in [0.3, 0.4) is 0 Å². The summed E-state index contributed by atoms with van der Waals surface area (Å²) >= 11 is 0. The van der Waals surface area contributed by atoms with Gasteiger partial charge in [0, 0.05) is 12.6 Å². The monoisotopic (exact) mass is 435 g/mol. The van der Waals surface area contributed by atoms with E-state index in [4.69, 9.17) is 4.18 Å². The fraction of sp³-hybridized carbons (Fsp3) is 0.429. The average Bonchev–Trinajstić information content (AvgIpc) is 3.28. The molecule has 2 bridgehead atoms. The van der Waals surface area contributed by atoms with Crippen molar-refractivity contribution >= 4 is 20.1 Å². The number of sulfonamides is 1. The lowest BCUT2D eigenvalue weighted by Crippen LogP contribution is -2.41. The van der Waals surface area contributed by atoms with Crippen molar-refractivity contribution in [3.8, 4) is 0 Å². The van der Waals surface area contributed by atoms with Crippen LogP contribution in [0, 0.1) is 25.7 Å². The molecule has 1 unspecified atom stereocenters. The predicted octanol–water partition coefficient (Wildman–Crippen LogP) is 3.11. The molecule has 1 saturated heterocycles. The molecule has 29 heavy (non-hydrogen) atoms. The van der Waals surface area contributed by atoms with Crippen LogP contribution in [0.4, 0.5) is 0 Å². The van der Waals surface area contributed by atoms with E-state index in [9.17, 15) is 16.8 Å². The Morgan fingerprint density at radius 2 is 1.41 bits per heavy atom. The Hall–Kier alpha value is -1.74. The van der Waals surface area contributed by atoms with Crippen LogP contribution in [0.15, 0.2) is 58.3 Å². The number of aryl methyl sites for hydroxylation is 2. The number of hydrogen-bond donors (Lipinski definition) is 0. The SMILES string of the molecule is Cc1ccc(S(=O)(=O)OCC2C[C@H]3C[C@@H]2CN3S(=O)(=O)c2ccc(C)cc2)cc1. The van der Waals surface area contributed by atoms with Gasteiger partial charge in [0.15, 0.2) is 0 Å². The first-order valence-corrected chi connectivity index (χ1v) is 12.6. The maximum Gasteiger partial charge on any atom is 0.296 e. The summed E-state index contributed by atoms with van der Waals surface area (Å²) in [7, 11) is -7.33. The fourth-order valence-corrected chi connectivity index (χ4v) is 6.98. The van der Waals surface area contributed by atoms with Gasteiger partial charge in [-0.05, 0) is 62.8 Å². The Kier molecular flexibility index (Phi) is 5.31. The molecule has 1 heterocycles. The van der Waals surface area contributed by atoms with Gasteiger partial charge in [0.25, 0.3) is 10.1 Å². The summed E-state index contributed by atoms with van der Waals surface area (Å²) in [6.07, 6.45) is 1.38. The Balaban J connectivity index is 1.40. The van der Waals surface area contributed by atoms with Crippen molar-refractivity contribution in [3.63, 3.8) is 0 Å². The molecular weight excluding hydrogens is 410 g/mol. The normalized spacial score (nSPS) is 24.8. The number of hydrogen-bond acceptors (Lipinski definition) is 5. The minimum Gasteiger partial charge on any atom is -0.266 e. The van der Waals surface area contributed by atoms with Crippen molar-refractivity contribution < 1.29 is 21.0 Å². The van der Waals surface area contributed by atoms with Crippen LogP contribution in [0.5, 0.6) is 0 Å². The first-order chi connectivity index (χ1) is 13.7. The first-order valence-electron chi connectivity index (χ1n) is 9.71. The minimum absolute atomic E-state index is 0.0460. The van der Waals surface area contributed by atoms with E-state index < -0.39 is 20.1 Å².